The van der Waals surface area contributed by atoms with Gasteiger partial charge in [0, 0.05) is 6.42 Å². The van der Waals surface area contributed by atoms with Gasteiger partial charge in [0.2, 0.25) is 0 Å². The predicted octanol–water partition coefficient (Wildman–Crippen LogP) is 5.91. The van der Waals surface area contributed by atoms with E-state index in [1.54, 1.807) is 0 Å². The zero-order valence-electron chi connectivity index (χ0n) is 18.8. The molecule has 0 aliphatic heterocycles. The van der Waals surface area contributed by atoms with Gasteiger partial charge < -0.3 is 8.85 Å². The minimum absolute atomic E-state index is 0.0446. The van der Waals surface area contributed by atoms with Gasteiger partial charge in [-0.15, -0.1) is 0 Å². The molecule has 0 N–H and O–H groups in total. The lowest BCUT2D eigenvalue weighted by molar-refractivity contribution is -0.144. The maximum Gasteiger partial charge on any atom is 0.296 e. The molecule has 2 bridgehead atoms. The van der Waals surface area contributed by atoms with E-state index in [-0.39, 0.29) is 29.7 Å². The molecular weight excluding hydrogens is 384 g/mol. The van der Waals surface area contributed by atoms with Crippen LogP contribution in [0, 0.1) is 23.7 Å². The number of hydrogen-bond donors (Lipinski definition) is 0. The van der Waals surface area contributed by atoms with E-state index < -0.39 is 16.6 Å². The predicted molar refractivity (Wildman–Crippen MR) is 119 cm³/mol. The van der Waals surface area contributed by atoms with Crippen molar-refractivity contribution < 1.29 is 18.4 Å². The summed E-state index contributed by atoms with van der Waals surface area (Å²) >= 11 is 0. The third-order valence-electron chi connectivity index (χ3n) is 7.81. The van der Waals surface area contributed by atoms with Crippen molar-refractivity contribution in [1.29, 1.82) is 0 Å². The number of fused-ring (bicyclic) bond motifs is 2. The third kappa shape index (κ3) is 4.64. The van der Waals surface area contributed by atoms with E-state index in [0.29, 0.717) is 12.3 Å². The van der Waals surface area contributed by atoms with Gasteiger partial charge in [-0.05, 0) is 60.4 Å². The second-order valence-corrected chi connectivity index (χ2v) is 18.1. The molecule has 28 heavy (non-hydrogen) atoms. The number of rotatable bonds is 11. The van der Waals surface area contributed by atoms with Gasteiger partial charge in [0.25, 0.3) is 28.6 Å². The average Bonchev–Trinajstić information content (AvgIpc) is 3.32. The first-order valence-electron chi connectivity index (χ1n) is 11.5. The molecule has 160 valence electrons. The van der Waals surface area contributed by atoms with E-state index in [2.05, 4.69) is 53.7 Å². The Morgan fingerprint density at radius 3 is 1.75 bits per heavy atom. The van der Waals surface area contributed by atoms with Crippen LogP contribution in [-0.4, -0.2) is 28.6 Å². The highest BCUT2D eigenvalue weighted by atomic mass is 28.4. The maximum absolute atomic E-state index is 13.2. The fraction of sp³-hybridized carbons (Fsp3) is 0.818. The van der Waals surface area contributed by atoms with Crippen LogP contribution in [0.2, 0.25) is 36.3 Å². The van der Waals surface area contributed by atoms with Crippen LogP contribution >= 0.6 is 0 Å². The third-order valence-corrected chi connectivity index (χ3v) is 16.8. The summed E-state index contributed by atoms with van der Waals surface area (Å²) in [5.41, 5.74) is 0. The van der Waals surface area contributed by atoms with E-state index in [1.165, 1.54) is 0 Å². The molecule has 6 heteroatoms. The summed E-state index contributed by atoms with van der Waals surface area (Å²) in [7, 11) is -3.94. The van der Waals surface area contributed by atoms with Crippen molar-refractivity contribution in [1.82, 2.24) is 0 Å². The van der Waals surface area contributed by atoms with E-state index in [9.17, 15) is 9.59 Å². The quantitative estimate of drug-likeness (QED) is 0.305. The summed E-state index contributed by atoms with van der Waals surface area (Å²) in [5.74, 6) is 0.294. The van der Waals surface area contributed by atoms with Gasteiger partial charge in [-0.25, -0.2) is 0 Å². The largest absolute Gasteiger partial charge is 0.519 e. The van der Waals surface area contributed by atoms with Crippen molar-refractivity contribution >= 4 is 28.6 Å². The second-order valence-electron chi connectivity index (χ2n) is 8.72. The summed E-state index contributed by atoms with van der Waals surface area (Å²) in [4.78, 5) is 26.0. The minimum Gasteiger partial charge on any atom is -0.519 e. The average molecular weight is 425 g/mol. The Hall–Kier alpha value is -0.886. The highest BCUT2D eigenvalue weighted by Gasteiger charge is 2.51. The van der Waals surface area contributed by atoms with Gasteiger partial charge in [0.15, 0.2) is 0 Å². The second kappa shape index (κ2) is 9.74. The van der Waals surface area contributed by atoms with Crippen molar-refractivity contribution in [3.8, 4) is 0 Å². The van der Waals surface area contributed by atoms with Crippen LogP contribution in [0.15, 0.2) is 12.2 Å². The van der Waals surface area contributed by atoms with Crippen LogP contribution in [0.3, 0.4) is 0 Å². The van der Waals surface area contributed by atoms with Crippen LogP contribution in [0.4, 0.5) is 0 Å². The van der Waals surface area contributed by atoms with Crippen LogP contribution in [0.5, 0.6) is 0 Å². The highest BCUT2D eigenvalue weighted by molar-refractivity contribution is 6.75. The molecule has 1 saturated carbocycles. The molecule has 2 rings (SSSR count). The number of carbonyl (C=O) groups is 2. The van der Waals surface area contributed by atoms with E-state index in [4.69, 9.17) is 8.85 Å². The van der Waals surface area contributed by atoms with Crippen LogP contribution in [0.1, 0.15) is 54.4 Å². The molecule has 1 fully saturated rings. The fourth-order valence-electron chi connectivity index (χ4n) is 5.24. The minimum atomic E-state index is -1.98. The molecule has 0 heterocycles. The van der Waals surface area contributed by atoms with E-state index in [1.807, 2.05) is 0 Å². The lowest BCUT2D eigenvalue weighted by Gasteiger charge is -2.34. The molecule has 0 amide bonds. The zero-order valence-corrected chi connectivity index (χ0v) is 20.8. The zero-order chi connectivity index (χ0) is 20.9. The van der Waals surface area contributed by atoms with Crippen molar-refractivity contribution in [2.75, 3.05) is 0 Å². The van der Waals surface area contributed by atoms with Gasteiger partial charge in [-0.2, -0.15) is 0 Å². The van der Waals surface area contributed by atoms with Gasteiger partial charge in [-0.3, -0.25) is 9.59 Å². The van der Waals surface area contributed by atoms with Gasteiger partial charge in [-0.1, -0.05) is 53.7 Å². The first kappa shape index (κ1) is 23.4. The van der Waals surface area contributed by atoms with Crippen molar-refractivity contribution in [3.63, 3.8) is 0 Å². The first-order valence-corrected chi connectivity index (χ1v) is 16.5. The number of carbonyl (C=O) groups excluding carboxylic acids is 2. The molecule has 0 aromatic carbocycles. The molecule has 0 saturated heterocycles. The SMILES string of the molecule is CC[Si](CC)(CC)OC(=O)CC1C2C=CC(C2)C1C(=O)O[Si](CC)(CC)CC. The molecule has 0 aromatic heterocycles. The summed E-state index contributed by atoms with van der Waals surface area (Å²) in [6, 6.07) is 5.79. The van der Waals surface area contributed by atoms with Crippen molar-refractivity contribution in [2.45, 2.75) is 90.6 Å². The van der Waals surface area contributed by atoms with E-state index in [0.717, 1.165) is 42.7 Å². The van der Waals surface area contributed by atoms with Gasteiger partial charge in [0.05, 0.1) is 5.92 Å². The fourth-order valence-corrected chi connectivity index (χ4v) is 10.2. The summed E-state index contributed by atoms with van der Waals surface area (Å²) in [6.45, 7) is 12.8. The highest BCUT2D eigenvalue weighted by Crippen LogP contribution is 2.50. The standard InChI is InChI=1S/C22H40O4Si2/c1-7-27(8-2,9-3)25-20(23)16-19-17-13-14-18(15-17)21(19)22(24)26-28(10-4,11-5)12-6/h13-14,17-19,21H,7-12,15-16H2,1-6H3. The molecule has 4 nitrogen and oxygen atoms in total. The molecule has 0 radical (unpaired) electrons. The topological polar surface area (TPSA) is 52.6 Å². The Kier molecular flexibility index (Phi) is 8.14. The number of allylic oxidation sites excluding steroid dienone is 2. The molecule has 2 aliphatic carbocycles. The Morgan fingerprint density at radius 1 is 0.786 bits per heavy atom. The first-order chi connectivity index (χ1) is 13.3. The summed E-state index contributed by atoms with van der Waals surface area (Å²) in [6.07, 6.45) is 5.73. The lowest BCUT2D eigenvalue weighted by Crippen LogP contribution is -2.43. The normalized spacial score (nSPS) is 26.5. The molecular formula is C22H40O4Si2. The Morgan fingerprint density at radius 2 is 1.25 bits per heavy atom. The van der Waals surface area contributed by atoms with Gasteiger partial charge >= 0.3 is 0 Å². The Balaban J connectivity index is 2.12. The maximum atomic E-state index is 13.2. The Bertz CT molecular complexity index is 565. The van der Waals surface area contributed by atoms with Gasteiger partial charge in [0.1, 0.15) is 0 Å². The molecule has 2 aliphatic rings. The lowest BCUT2D eigenvalue weighted by atomic mass is 9.81. The van der Waals surface area contributed by atoms with Crippen molar-refractivity contribution in [3.05, 3.63) is 12.2 Å². The van der Waals surface area contributed by atoms with Crippen molar-refractivity contribution in [2.24, 2.45) is 23.7 Å². The van der Waals surface area contributed by atoms with E-state index >= 15 is 0 Å². The Labute approximate surface area is 173 Å². The molecule has 4 atom stereocenters. The molecule has 4 unspecified atom stereocenters. The summed E-state index contributed by atoms with van der Waals surface area (Å²) < 4.78 is 12.3. The smallest absolute Gasteiger partial charge is 0.296 e. The van der Waals surface area contributed by atoms with Crippen LogP contribution in [-0.2, 0) is 18.4 Å². The van der Waals surface area contributed by atoms with Crippen LogP contribution in [0.25, 0.3) is 0 Å². The molecule has 0 spiro atoms. The molecule has 0 aromatic rings. The van der Waals surface area contributed by atoms with Crippen LogP contribution < -0.4 is 0 Å². The summed E-state index contributed by atoms with van der Waals surface area (Å²) in [5, 5.41) is 0. The number of hydrogen-bond acceptors (Lipinski definition) is 4. The monoisotopic (exact) mass is 424 g/mol.